The van der Waals surface area contributed by atoms with Gasteiger partial charge in [-0.25, -0.2) is 9.98 Å². The third-order valence-corrected chi connectivity index (χ3v) is 9.65. The standard InChI is InChI=1S/C44H30N4O2/c1-47-43(29-15-6-3-7-16-29)45-42(28-13-4-2-5-14-28)46-44(47)32-19-12-20-33(25-32)48-36-22-11-10-21-34(36)35-23-24-37-41(40(35)48)50-39-27-31-18-9-8-17-30(31)26-38(39)49-37/h2-27,44H,1H3. The van der Waals surface area contributed by atoms with Crippen molar-refractivity contribution >= 4 is 44.2 Å². The van der Waals surface area contributed by atoms with Crippen LogP contribution in [0.2, 0.25) is 0 Å². The molecule has 1 aromatic heterocycles. The van der Waals surface area contributed by atoms with Crippen LogP contribution in [0, 0.1) is 0 Å². The van der Waals surface area contributed by atoms with Crippen LogP contribution in [0.25, 0.3) is 38.3 Å². The summed E-state index contributed by atoms with van der Waals surface area (Å²) in [4.78, 5) is 12.5. The molecule has 50 heavy (non-hydrogen) atoms. The number of para-hydroxylation sites is 1. The molecule has 8 aromatic rings. The van der Waals surface area contributed by atoms with Crippen LogP contribution in [0.5, 0.6) is 23.0 Å². The summed E-state index contributed by atoms with van der Waals surface area (Å²) in [6, 6.07) is 54.2. The lowest BCUT2D eigenvalue weighted by atomic mass is 10.1. The first kappa shape index (κ1) is 28.4. The van der Waals surface area contributed by atoms with Gasteiger partial charge in [0.05, 0.1) is 5.52 Å². The summed E-state index contributed by atoms with van der Waals surface area (Å²) in [5.41, 5.74) is 6.11. The molecule has 7 aromatic carbocycles. The van der Waals surface area contributed by atoms with Gasteiger partial charge < -0.3 is 18.9 Å². The number of fused-ring (bicyclic) bond motifs is 7. The molecule has 6 nitrogen and oxygen atoms in total. The minimum absolute atomic E-state index is 0.306. The van der Waals surface area contributed by atoms with Crippen molar-refractivity contribution < 1.29 is 9.47 Å². The van der Waals surface area contributed by atoms with Gasteiger partial charge >= 0.3 is 0 Å². The van der Waals surface area contributed by atoms with Crippen molar-refractivity contribution in [3.8, 4) is 28.7 Å². The zero-order chi connectivity index (χ0) is 33.2. The molecule has 1 unspecified atom stereocenters. The molecule has 0 amide bonds. The maximum Gasteiger partial charge on any atom is 0.194 e. The fraction of sp³-hybridized carbons (Fsp3) is 0.0455. The molecule has 1 atom stereocenters. The van der Waals surface area contributed by atoms with Gasteiger partial charge in [0, 0.05) is 34.6 Å². The second-order valence-corrected chi connectivity index (χ2v) is 12.7. The van der Waals surface area contributed by atoms with Crippen LogP contribution >= 0.6 is 0 Å². The van der Waals surface area contributed by atoms with Crippen molar-refractivity contribution in [3.05, 3.63) is 174 Å². The first-order chi connectivity index (χ1) is 24.7. The van der Waals surface area contributed by atoms with Gasteiger partial charge in [-0.1, -0.05) is 115 Å². The molecular weight excluding hydrogens is 617 g/mol. The topological polar surface area (TPSA) is 51.4 Å². The van der Waals surface area contributed by atoms with Crippen LogP contribution in [0.1, 0.15) is 22.9 Å². The number of rotatable bonds is 4. The molecule has 0 N–H and O–H groups in total. The van der Waals surface area contributed by atoms with Crippen LogP contribution in [-0.2, 0) is 0 Å². The minimum atomic E-state index is -0.306. The van der Waals surface area contributed by atoms with Gasteiger partial charge in [-0.05, 0) is 58.8 Å². The Hall–Kier alpha value is -6.66. The SMILES string of the molecule is CN1C(c2ccccc2)=NC(c2ccccc2)=NC1c1cccc(-n2c3ccccc3c3ccc4c(c32)Oc2cc3ccccc3cc2O4)c1. The first-order valence-corrected chi connectivity index (χ1v) is 16.7. The lowest BCUT2D eigenvalue weighted by Crippen LogP contribution is -2.35. The Balaban J connectivity index is 1.14. The van der Waals surface area contributed by atoms with Crippen molar-refractivity contribution in [3.63, 3.8) is 0 Å². The van der Waals surface area contributed by atoms with E-state index in [2.05, 4.69) is 120 Å². The predicted octanol–water partition coefficient (Wildman–Crippen LogP) is 10.7. The Morgan fingerprint density at radius 2 is 1.24 bits per heavy atom. The molecule has 0 saturated heterocycles. The van der Waals surface area contributed by atoms with Gasteiger partial charge in [0.15, 0.2) is 35.0 Å². The first-order valence-electron chi connectivity index (χ1n) is 16.7. The molecule has 2 aliphatic heterocycles. The third-order valence-electron chi connectivity index (χ3n) is 9.65. The van der Waals surface area contributed by atoms with Crippen LogP contribution in [0.4, 0.5) is 0 Å². The molecule has 0 aliphatic carbocycles. The van der Waals surface area contributed by atoms with E-state index in [1.807, 2.05) is 54.6 Å². The van der Waals surface area contributed by atoms with E-state index < -0.39 is 0 Å². The molecule has 6 heteroatoms. The number of aromatic nitrogens is 1. The summed E-state index contributed by atoms with van der Waals surface area (Å²) in [5, 5.41) is 4.44. The maximum absolute atomic E-state index is 6.79. The summed E-state index contributed by atoms with van der Waals surface area (Å²) in [6.45, 7) is 0. The van der Waals surface area contributed by atoms with E-state index >= 15 is 0 Å². The average molecular weight is 647 g/mol. The second-order valence-electron chi connectivity index (χ2n) is 12.7. The average Bonchev–Trinajstić information content (AvgIpc) is 3.52. The van der Waals surface area contributed by atoms with Crippen LogP contribution < -0.4 is 9.47 Å². The summed E-state index contributed by atoms with van der Waals surface area (Å²) < 4.78 is 15.6. The van der Waals surface area contributed by atoms with E-state index in [1.54, 1.807) is 0 Å². The number of hydrogen-bond acceptors (Lipinski definition) is 5. The Kier molecular flexibility index (Phi) is 6.36. The van der Waals surface area contributed by atoms with E-state index in [0.717, 1.165) is 60.8 Å². The number of benzene rings is 7. The molecule has 2 aliphatic rings. The van der Waals surface area contributed by atoms with Gasteiger partial charge in [0.2, 0.25) is 0 Å². The van der Waals surface area contributed by atoms with Crippen LogP contribution in [-0.4, -0.2) is 28.2 Å². The summed E-state index contributed by atoms with van der Waals surface area (Å²) in [6.07, 6.45) is -0.306. The Bertz CT molecular complexity index is 2680. The third kappa shape index (κ3) is 4.49. The van der Waals surface area contributed by atoms with Crippen LogP contribution in [0.3, 0.4) is 0 Å². The van der Waals surface area contributed by atoms with Gasteiger partial charge in [0.1, 0.15) is 11.4 Å². The molecule has 10 rings (SSSR count). The van der Waals surface area contributed by atoms with Crippen LogP contribution in [0.15, 0.2) is 168 Å². The minimum Gasteiger partial charge on any atom is -0.449 e. The van der Waals surface area contributed by atoms with Crippen molar-refractivity contribution in [1.29, 1.82) is 0 Å². The van der Waals surface area contributed by atoms with E-state index in [-0.39, 0.29) is 6.17 Å². The lowest BCUT2D eigenvalue weighted by Gasteiger charge is -2.32. The van der Waals surface area contributed by atoms with Gasteiger partial charge in [-0.3, -0.25) is 0 Å². The van der Waals surface area contributed by atoms with E-state index in [9.17, 15) is 0 Å². The van der Waals surface area contributed by atoms with Crippen molar-refractivity contribution in [2.45, 2.75) is 6.17 Å². The number of aliphatic imine (C=N–C) groups is 2. The largest absolute Gasteiger partial charge is 0.449 e. The smallest absolute Gasteiger partial charge is 0.194 e. The van der Waals surface area contributed by atoms with Gasteiger partial charge in [-0.2, -0.15) is 0 Å². The van der Waals surface area contributed by atoms with Crippen molar-refractivity contribution in [2.24, 2.45) is 9.98 Å². The highest BCUT2D eigenvalue weighted by Gasteiger charge is 2.29. The Morgan fingerprint density at radius 1 is 0.560 bits per heavy atom. The summed E-state index contributed by atoms with van der Waals surface area (Å²) >= 11 is 0. The molecule has 0 spiro atoms. The molecule has 238 valence electrons. The number of amidine groups is 2. The predicted molar refractivity (Wildman–Crippen MR) is 201 cm³/mol. The molecule has 0 saturated carbocycles. The van der Waals surface area contributed by atoms with Gasteiger partial charge in [0.25, 0.3) is 0 Å². The zero-order valence-corrected chi connectivity index (χ0v) is 27.2. The highest BCUT2D eigenvalue weighted by atomic mass is 16.6. The molecule has 0 bridgehead atoms. The fourth-order valence-electron chi connectivity index (χ4n) is 7.27. The quantitative estimate of drug-likeness (QED) is 0.191. The normalized spacial score (nSPS) is 15.2. The molecule has 0 radical (unpaired) electrons. The number of ether oxygens (including phenoxy) is 2. The monoisotopic (exact) mass is 646 g/mol. The molecule has 3 heterocycles. The molecular formula is C44H30N4O2. The maximum atomic E-state index is 6.79. The number of hydrogen-bond donors (Lipinski definition) is 0. The number of nitrogens with zero attached hydrogens (tertiary/aromatic N) is 4. The second kappa shape index (κ2) is 11.2. The lowest BCUT2D eigenvalue weighted by molar-refractivity contribution is 0.363. The summed E-state index contributed by atoms with van der Waals surface area (Å²) in [5.74, 6) is 4.38. The van der Waals surface area contributed by atoms with Crippen molar-refractivity contribution in [2.75, 3.05) is 7.05 Å². The van der Waals surface area contributed by atoms with E-state index in [1.165, 1.54) is 0 Å². The molecule has 0 fully saturated rings. The summed E-state index contributed by atoms with van der Waals surface area (Å²) in [7, 11) is 2.07. The van der Waals surface area contributed by atoms with E-state index in [0.29, 0.717) is 28.8 Å². The Morgan fingerprint density at radius 3 is 2.02 bits per heavy atom. The highest BCUT2D eigenvalue weighted by Crippen LogP contribution is 2.51. The Labute approximate surface area is 288 Å². The fourth-order valence-corrected chi connectivity index (χ4v) is 7.27. The zero-order valence-electron chi connectivity index (χ0n) is 27.2. The van der Waals surface area contributed by atoms with E-state index in [4.69, 9.17) is 19.5 Å². The van der Waals surface area contributed by atoms with Crippen molar-refractivity contribution in [1.82, 2.24) is 9.47 Å². The van der Waals surface area contributed by atoms with Gasteiger partial charge in [-0.15, -0.1) is 0 Å². The highest BCUT2D eigenvalue weighted by molar-refractivity contribution is 6.13.